The lowest BCUT2D eigenvalue weighted by atomic mass is 10.2. The summed E-state index contributed by atoms with van der Waals surface area (Å²) in [6.45, 7) is 2.77. The first-order chi connectivity index (χ1) is 12.7. The fourth-order valence-corrected chi connectivity index (χ4v) is 3.73. The molecule has 6 nitrogen and oxygen atoms in total. The molecule has 0 radical (unpaired) electrons. The quantitative estimate of drug-likeness (QED) is 0.569. The van der Waals surface area contributed by atoms with Crippen LogP contribution in [-0.2, 0) is 6.54 Å². The van der Waals surface area contributed by atoms with Gasteiger partial charge in [-0.1, -0.05) is 37.3 Å². The number of amides is 1. The molecule has 4 rings (SSSR count). The van der Waals surface area contributed by atoms with Crippen LogP contribution in [0.15, 0.2) is 60.6 Å². The summed E-state index contributed by atoms with van der Waals surface area (Å²) in [6.07, 6.45) is 8.18. The lowest BCUT2D eigenvalue weighted by Gasteiger charge is -2.17. The van der Waals surface area contributed by atoms with Gasteiger partial charge in [0.2, 0.25) is 0 Å². The molecule has 0 spiro atoms. The van der Waals surface area contributed by atoms with Crippen LogP contribution in [0.1, 0.15) is 23.8 Å². The van der Waals surface area contributed by atoms with Crippen LogP contribution in [0, 0.1) is 0 Å². The van der Waals surface area contributed by atoms with Gasteiger partial charge in [-0.25, -0.2) is 9.97 Å². The van der Waals surface area contributed by atoms with Gasteiger partial charge in [0.05, 0.1) is 12.0 Å². The maximum atomic E-state index is 12.8. The molecule has 132 valence electrons. The van der Waals surface area contributed by atoms with Crippen molar-refractivity contribution in [3.63, 3.8) is 0 Å². The Kier molecular flexibility index (Phi) is 4.53. The van der Waals surface area contributed by atoms with Crippen molar-refractivity contribution in [2.75, 3.05) is 0 Å². The Bertz CT molecular complexity index is 1000. The van der Waals surface area contributed by atoms with Gasteiger partial charge in [0, 0.05) is 42.1 Å². The van der Waals surface area contributed by atoms with Gasteiger partial charge in [0.15, 0.2) is 4.96 Å². The average molecular weight is 365 g/mol. The van der Waals surface area contributed by atoms with Crippen molar-refractivity contribution in [1.29, 1.82) is 0 Å². The maximum Gasteiger partial charge on any atom is 0.269 e. The van der Waals surface area contributed by atoms with E-state index in [0.717, 1.165) is 22.6 Å². The minimum atomic E-state index is -0.0831. The first-order valence-electron chi connectivity index (χ1n) is 8.53. The average Bonchev–Trinajstić information content (AvgIpc) is 3.38. The van der Waals surface area contributed by atoms with Crippen molar-refractivity contribution < 1.29 is 4.79 Å². The van der Waals surface area contributed by atoms with E-state index in [-0.39, 0.29) is 11.9 Å². The molecule has 4 aromatic rings. The van der Waals surface area contributed by atoms with Crippen molar-refractivity contribution in [3.05, 3.63) is 66.3 Å². The van der Waals surface area contributed by atoms with E-state index in [0.29, 0.717) is 12.2 Å². The number of nitrogens with zero attached hydrogens (tertiary/aromatic N) is 4. The van der Waals surface area contributed by atoms with Gasteiger partial charge in [-0.2, -0.15) is 0 Å². The topological polar surface area (TPSA) is 64.2 Å². The largest absolute Gasteiger partial charge is 0.346 e. The molecule has 1 aromatic carbocycles. The number of aromatic nitrogens is 4. The summed E-state index contributed by atoms with van der Waals surface area (Å²) in [7, 11) is 0. The molecular weight excluding hydrogens is 346 g/mol. The highest BCUT2D eigenvalue weighted by Gasteiger charge is 2.18. The van der Waals surface area contributed by atoms with Crippen molar-refractivity contribution in [1.82, 2.24) is 24.3 Å². The van der Waals surface area contributed by atoms with E-state index in [1.807, 2.05) is 57.1 Å². The van der Waals surface area contributed by atoms with E-state index >= 15 is 0 Å². The Morgan fingerprint density at radius 2 is 2.15 bits per heavy atom. The molecule has 1 N–H and O–H groups in total. The van der Waals surface area contributed by atoms with Gasteiger partial charge in [0.1, 0.15) is 5.69 Å². The minimum Gasteiger partial charge on any atom is -0.346 e. The zero-order valence-electron chi connectivity index (χ0n) is 14.4. The molecule has 7 heteroatoms. The van der Waals surface area contributed by atoms with Crippen molar-refractivity contribution >= 4 is 22.2 Å². The molecule has 0 bridgehead atoms. The van der Waals surface area contributed by atoms with E-state index in [1.54, 1.807) is 12.5 Å². The molecule has 0 fully saturated rings. The van der Waals surface area contributed by atoms with E-state index < -0.39 is 0 Å². The van der Waals surface area contributed by atoms with Gasteiger partial charge in [0.25, 0.3) is 5.91 Å². The molecule has 3 aromatic heterocycles. The van der Waals surface area contributed by atoms with Crippen LogP contribution in [0.4, 0.5) is 0 Å². The van der Waals surface area contributed by atoms with E-state index in [4.69, 9.17) is 0 Å². The normalized spacial score (nSPS) is 12.3. The molecule has 0 saturated heterocycles. The predicted octanol–water partition coefficient (Wildman–Crippen LogP) is 3.47. The molecule has 26 heavy (non-hydrogen) atoms. The third-order valence-corrected chi connectivity index (χ3v) is 5.17. The lowest BCUT2D eigenvalue weighted by Crippen LogP contribution is -2.37. The van der Waals surface area contributed by atoms with Gasteiger partial charge < -0.3 is 9.88 Å². The summed E-state index contributed by atoms with van der Waals surface area (Å²) in [5, 5.41) is 4.98. The smallest absolute Gasteiger partial charge is 0.269 e. The lowest BCUT2D eigenvalue weighted by molar-refractivity contribution is 0.0926. The molecule has 0 aliphatic heterocycles. The third-order valence-electron chi connectivity index (χ3n) is 4.33. The fraction of sp³-hybridized carbons (Fsp3) is 0.211. The summed E-state index contributed by atoms with van der Waals surface area (Å²) in [4.78, 5) is 22.3. The number of fused-ring (bicyclic) bond motifs is 1. The van der Waals surface area contributed by atoms with Crippen LogP contribution in [0.25, 0.3) is 16.2 Å². The van der Waals surface area contributed by atoms with Crippen LogP contribution in [-0.4, -0.2) is 30.9 Å². The van der Waals surface area contributed by atoms with Crippen molar-refractivity contribution in [2.45, 2.75) is 25.9 Å². The summed E-state index contributed by atoms with van der Waals surface area (Å²) >= 11 is 1.47. The SMILES string of the molecule is CC[C@@H](Cn1ccnc1)NC(=O)c1csc2nc(-c3ccccc3)cn12. The number of nitrogens with one attached hydrogen (secondary N) is 1. The second-order valence-corrected chi connectivity index (χ2v) is 6.94. The summed E-state index contributed by atoms with van der Waals surface area (Å²) in [5.41, 5.74) is 2.53. The Morgan fingerprint density at radius 1 is 1.31 bits per heavy atom. The van der Waals surface area contributed by atoms with E-state index in [9.17, 15) is 4.79 Å². The van der Waals surface area contributed by atoms with Crippen LogP contribution in [0.3, 0.4) is 0 Å². The number of hydrogen-bond acceptors (Lipinski definition) is 4. The van der Waals surface area contributed by atoms with E-state index in [2.05, 4.69) is 22.2 Å². The molecule has 0 unspecified atom stereocenters. The first kappa shape index (κ1) is 16.5. The Hall–Kier alpha value is -2.93. The van der Waals surface area contributed by atoms with Crippen molar-refractivity contribution in [2.24, 2.45) is 0 Å². The molecule has 0 saturated carbocycles. The maximum absolute atomic E-state index is 12.8. The van der Waals surface area contributed by atoms with Crippen molar-refractivity contribution in [3.8, 4) is 11.3 Å². The van der Waals surface area contributed by atoms with Gasteiger partial charge in [-0.3, -0.25) is 9.20 Å². The number of imidazole rings is 2. The molecule has 0 aliphatic carbocycles. The summed E-state index contributed by atoms with van der Waals surface area (Å²) < 4.78 is 3.84. The molecular formula is C19H19N5OS. The molecule has 3 heterocycles. The highest BCUT2D eigenvalue weighted by molar-refractivity contribution is 7.15. The summed E-state index contributed by atoms with van der Waals surface area (Å²) in [6, 6.07) is 10.0. The third kappa shape index (κ3) is 3.25. The zero-order chi connectivity index (χ0) is 17.9. The highest BCUT2D eigenvalue weighted by Crippen LogP contribution is 2.23. The molecule has 0 aliphatic rings. The van der Waals surface area contributed by atoms with E-state index in [1.165, 1.54) is 11.3 Å². The number of carbonyl (C=O) groups excluding carboxylic acids is 1. The predicted molar refractivity (Wildman–Crippen MR) is 102 cm³/mol. The number of benzene rings is 1. The second-order valence-electron chi connectivity index (χ2n) is 6.10. The monoisotopic (exact) mass is 365 g/mol. The van der Waals surface area contributed by atoms with Gasteiger partial charge >= 0.3 is 0 Å². The standard InChI is InChI=1S/C19H19N5OS/c1-2-15(10-23-9-8-20-13-23)21-18(25)17-12-26-19-22-16(11-24(17)19)14-6-4-3-5-7-14/h3-9,11-13,15H,2,10H2,1H3,(H,21,25)/t15-/m0/s1. The number of hydrogen-bond donors (Lipinski definition) is 1. The Morgan fingerprint density at radius 3 is 2.88 bits per heavy atom. The number of rotatable bonds is 6. The fourth-order valence-electron chi connectivity index (χ4n) is 2.88. The van der Waals surface area contributed by atoms with Gasteiger partial charge in [-0.15, -0.1) is 11.3 Å². The highest BCUT2D eigenvalue weighted by atomic mass is 32.1. The second kappa shape index (κ2) is 7.13. The molecule has 1 atom stereocenters. The Balaban J connectivity index is 1.55. The first-order valence-corrected chi connectivity index (χ1v) is 9.41. The summed E-state index contributed by atoms with van der Waals surface area (Å²) in [5.74, 6) is -0.0831. The van der Waals surface area contributed by atoms with Gasteiger partial charge in [-0.05, 0) is 6.42 Å². The number of thiazole rings is 1. The number of carbonyl (C=O) groups is 1. The minimum absolute atomic E-state index is 0.0452. The van der Waals surface area contributed by atoms with Crippen LogP contribution in [0.2, 0.25) is 0 Å². The van der Waals surface area contributed by atoms with Crippen LogP contribution in [0.5, 0.6) is 0 Å². The molecule has 1 amide bonds. The Labute approximate surface area is 155 Å². The zero-order valence-corrected chi connectivity index (χ0v) is 15.2. The van der Waals surface area contributed by atoms with Crippen LogP contribution < -0.4 is 5.32 Å². The van der Waals surface area contributed by atoms with Crippen LogP contribution >= 0.6 is 11.3 Å².